The number of rotatable bonds is 9. The molecule has 1 heterocycles. The standard InChI is InChI=1S/C21H20ClN3O7/c1-4-9-30-18-16(22)10-14(11-17(18)29-3)21(26)31-12(2)19-23-24-20(32-19)13-5-7-15(8-6-13)25(27)28/h5-8,10-12H,4,9H2,1-3H3. The Balaban J connectivity index is 1.73. The third-order valence-corrected chi connectivity index (χ3v) is 4.59. The maximum absolute atomic E-state index is 12.6. The monoisotopic (exact) mass is 461 g/mol. The smallest absolute Gasteiger partial charge is 0.339 e. The highest BCUT2D eigenvalue weighted by molar-refractivity contribution is 6.32. The van der Waals surface area contributed by atoms with Crippen molar-refractivity contribution in [2.75, 3.05) is 13.7 Å². The number of non-ortho nitro benzene ring substituents is 1. The molecule has 1 unspecified atom stereocenters. The van der Waals surface area contributed by atoms with Crippen molar-refractivity contribution < 1.29 is 28.3 Å². The van der Waals surface area contributed by atoms with E-state index in [2.05, 4.69) is 10.2 Å². The van der Waals surface area contributed by atoms with E-state index in [0.29, 0.717) is 23.7 Å². The van der Waals surface area contributed by atoms with Crippen LogP contribution < -0.4 is 9.47 Å². The summed E-state index contributed by atoms with van der Waals surface area (Å²) >= 11 is 6.25. The van der Waals surface area contributed by atoms with Gasteiger partial charge in [0.05, 0.1) is 29.2 Å². The molecule has 0 saturated heterocycles. The number of benzene rings is 2. The van der Waals surface area contributed by atoms with Gasteiger partial charge in [-0.2, -0.15) is 0 Å². The van der Waals surface area contributed by atoms with Gasteiger partial charge in [-0.25, -0.2) is 4.79 Å². The molecule has 0 fully saturated rings. The van der Waals surface area contributed by atoms with Crippen LogP contribution in [-0.2, 0) is 4.74 Å². The minimum atomic E-state index is -0.859. The van der Waals surface area contributed by atoms with Crippen LogP contribution in [0.3, 0.4) is 0 Å². The van der Waals surface area contributed by atoms with E-state index in [0.717, 1.165) is 6.42 Å². The van der Waals surface area contributed by atoms with Gasteiger partial charge in [-0.3, -0.25) is 10.1 Å². The zero-order chi connectivity index (χ0) is 23.3. The van der Waals surface area contributed by atoms with E-state index >= 15 is 0 Å². The third kappa shape index (κ3) is 5.14. The maximum atomic E-state index is 12.6. The lowest BCUT2D eigenvalue weighted by molar-refractivity contribution is -0.384. The van der Waals surface area contributed by atoms with E-state index in [9.17, 15) is 14.9 Å². The SMILES string of the molecule is CCCOc1c(Cl)cc(C(=O)OC(C)c2nnc(-c3ccc([N+](=O)[O-])cc3)o2)cc1OC. The van der Waals surface area contributed by atoms with Gasteiger partial charge in [0.1, 0.15) is 0 Å². The largest absolute Gasteiger partial charge is 0.493 e. The number of nitro benzene ring substituents is 1. The van der Waals surface area contributed by atoms with Crippen LogP contribution in [0.5, 0.6) is 11.5 Å². The number of hydrogen-bond acceptors (Lipinski definition) is 9. The summed E-state index contributed by atoms with van der Waals surface area (Å²) in [5.41, 5.74) is 0.598. The summed E-state index contributed by atoms with van der Waals surface area (Å²) in [6.45, 7) is 3.98. The van der Waals surface area contributed by atoms with E-state index in [1.807, 2.05) is 6.92 Å². The first kappa shape index (κ1) is 23.0. The molecule has 2 aromatic carbocycles. The van der Waals surface area contributed by atoms with E-state index < -0.39 is 17.0 Å². The number of esters is 1. The molecule has 0 aliphatic carbocycles. The minimum Gasteiger partial charge on any atom is -0.493 e. The first-order chi connectivity index (χ1) is 15.3. The van der Waals surface area contributed by atoms with Crippen molar-refractivity contribution in [1.29, 1.82) is 0 Å². The van der Waals surface area contributed by atoms with Crippen LogP contribution >= 0.6 is 11.6 Å². The third-order valence-electron chi connectivity index (χ3n) is 4.31. The van der Waals surface area contributed by atoms with Gasteiger partial charge in [0.2, 0.25) is 5.89 Å². The summed E-state index contributed by atoms with van der Waals surface area (Å²) < 4.78 is 21.8. The van der Waals surface area contributed by atoms with E-state index in [1.165, 1.54) is 43.5 Å². The van der Waals surface area contributed by atoms with Crippen molar-refractivity contribution in [3.63, 3.8) is 0 Å². The van der Waals surface area contributed by atoms with Crippen molar-refractivity contribution in [3.8, 4) is 23.0 Å². The number of aromatic nitrogens is 2. The normalized spacial score (nSPS) is 11.6. The van der Waals surface area contributed by atoms with Crippen molar-refractivity contribution in [1.82, 2.24) is 10.2 Å². The summed E-state index contributed by atoms with van der Waals surface area (Å²) in [6.07, 6.45) is -0.0742. The Morgan fingerprint density at radius 2 is 1.97 bits per heavy atom. The first-order valence-electron chi connectivity index (χ1n) is 9.63. The van der Waals surface area contributed by atoms with Crippen LogP contribution in [0.2, 0.25) is 5.02 Å². The summed E-state index contributed by atoms with van der Waals surface area (Å²) in [6, 6.07) is 8.54. The summed E-state index contributed by atoms with van der Waals surface area (Å²) in [5, 5.41) is 18.8. The molecule has 168 valence electrons. The fourth-order valence-electron chi connectivity index (χ4n) is 2.70. The molecule has 11 heteroatoms. The quantitative estimate of drug-likeness (QED) is 0.245. The molecular formula is C21H20ClN3O7. The average molecular weight is 462 g/mol. The fraction of sp³-hybridized carbons (Fsp3) is 0.286. The predicted molar refractivity (Wildman–Crippen MR) is 114 cm³/mol. The van der Waals surface area contributed by atoms with Gasteiger partial charge in [0, 0.05) is 17.7 Å². The Morgan fingerprint density at radius 1 is 1.25 bits per heavy atom. The van der Waals surface area contributed by atoms with Gasteiger partial charge in [0.15, 0.2) is 17.6 Å². The number of carbonyl (C=O) groups excluding carboxylic acids is 1. The molecule has 0 aliphatic heterocycles. The van der Waals surface area contributed by atoms with Crippen molar-refractivity contribution >= 4 is 23.3 Å². The highest BCUT2D eigenvalue weighted by atomic mass is 35.5. The Kier molecular flexibility index (Phi) is 7.26. The molecule has 1 atom stereocenters. The first-order valence-corrected chi connectivity index (χ1v) is 10.0. The Labute approximate surface area is 188 Å². The highest BCUT2D eigenvalue weighted by Gasteiger charge is 2.22. The Morgan fingerprint density at radius 3 is 2.59 bits per heavy atom. The maximum Gasteiger partial charge on any atom is 0.339 e. The van der Waals surface area contributed by atoms with Gasteiger partial charge in [-0.05, 0) is 37.6 Å². The van der Waals surface area contributed by atoms with Crippen molar-refractivity contribution in [2.45, 2.75) is 26.4 Å². The summed E-state index contributed by atoms with van der Waals surface area (Å²) in [7, 11) is 1.44. The summed E-state index contributed by atoms with van der Waals surface area (Å²) in [5.74, 6) is 0.191. The van der Waals surface area contributed by atoms with Gasteiger partial charge in [-0.15, -0.1) is 10.2 Å². The van der Waals surface area contributed by atoms with E-state index in [1.54, 1.807) is 6.92 Å². The second kappa shape index (κ2) is 10.1. The van der Waals surface area contributed by atoms with E-state index in [-0.39, 0.29) is 28.1 Å². The summed E-state index contributed by atoms with van der Waals surface area (Å²) in [4.78, 5) is 22.9. The van der Waals surface area contributed by atoms with Crippen molar-refractivity contribution in [3.05, 3.63) is 63.0 Å². The topological polar surface area (TPSA) is 127 Å². The lowest BCUT2D eigenvalue weighted by Gasteiger charge is -2.14. The number of ether oxygens (including phenoxy) is 3. The van der Waals surface area contributed by atoms with Crippen LogP contribution in [0, 0.1) is 10.1 Å². The Hall–Kier alpha value is -3.66. The van der Waals surface area contributed by atoms with Gasteiger partial charge in [-0.1, -0.05) is 18.5 Å². The lowest BCUT2D eigenvalue weighted by atomic mass is 10.2. The molecule has 0 aliphatic rings. The zero-order valence-electron chi connectivity index (χ0n) is 17.5. The molecule has 0 radical (unpaired) electrons. The average Bonchev–Trinajstić information content (AvgIpc) is 3.28. The molecule has 32 heavy (non-hydrogen) atoms. The van der Waals surface area contributed by atoms with Gasteiger partial charge >= 0.3 is 5.97 Å². The molecule has 0 bridgehead atoms. The number of carbonyl (C=O) groups is 1. The fourth-order valence-corrected chi connectivity index (χ4v) is 2.97. The number of nitrogens with zero attached hydrogens (tertiary/aromatic N) is 3. The number of hydrogen-bond donors (Lipinski definition) is 0. The molecule has 0 spiro atoms. The predicted octanol–water partition coefficient (Wildman–Crippen LogP) is 5.01. The highest BCUT2D eigenvalue weighted by Crippen LogP contribution is 2.37. The van der Waals surface area contributed by atoms with Gasteiger partial charge in [0.25, 0.3) is 11.6 Å². The minimum absolute atomic E-state index is 0.0593. The molecule has 0 saturated carbocycles. The second-order valence-corrected chi connectivity index (χ2v) is 7.04. The van der Waals surface area contributed by atoms with Crippen LogP contribution in [0.25, 0.3) is 11.5 Å². The molecule has 10 nitrogen and oxygen atoms in total. The van der Waals surface area contributed by atoms with Gasteiger partial charge < -0.3 is 18.6 Å². The lowest BCUT2D eigenvalue weighted by Crippen LogP contribution is -2.10. The van der Waals surface area contributed by atoms with Crippen LogP contribution in [-0.4, -0.2) is 34.8 Å². The van der Waals surface area contributed by atoms with Crippen LogP contribution in [0.4, 0.5) is 5.69 Å². The molecule has 1 aromatic heterocycles. The van der Waals surface area contributed by atoms with Crippen molar-refractivity contribution in [2.24, 2.45) is 0 Å². The molecule has 0 amide bonds. The van der Waals surface area contributed by atoms with Crippen LogP contribution in [0.1, 0.15) is 42.6 Å². The van der Waals surface area contributed by atoms with E-state index in [4.69, 9.17) is 30.2 Å². The zero-order valence-corrected chi connectivity index (χ0v) is 18.3. The number of methoxy groups -OCH3 is 1. The molecule has 0 N–H and O–H groups in total. The molecular weight excluding hydrogens is 442 g/mol. The number of halogens is 1. The van der Waals surface area contributed by atoms with Crippen LogP contribution in [0.15, 0.2) is 40.8 Å². The number of nitro groups is 1. The second-order valence-electron chi connectivity index (χ2n) is 6.63. The molecule has 3 aromatic rings. The molecule has 3 rings (SSSR count). The Bertz CT molecular complexity index is 1120.